The summed E-state index contributed by atoms with van der Waals surface area (Å²) < 4.78 is 18.4. The molecule has 0 amide bonds. The second-order valence-corrected chi connectivity index (χ2v) is 4.99. The second-order valence-electron chi connectivity index (χ2n) is 4.55. The molecule has 1 aromatic heterocycles. The Kier molecular flexibility index (Phi) is 3.35. The Labute approximate surface area is 124 Å². The van der Waals surface area contributed by atoms with Crippen LogP contribution in [-0.2, 0) is 0 Å². The van der Waals surface area contributed by atoms with E-state index >= 15 is 0 Å². The molecule has 0 saturated carbocycles. The maximum Gasteiger partial charge on any atom is 0.262 e. The van der Waals surface area contributed by atoms with Crippen LogP contribution in [0.4, 0.5) is 4.39 Å². The van der Waals surface area contributed by atoms with E-state index in [0.717, 1.165) is 0 Å². The Bertz CT molecular complexity index is 817. The first-order valence-corrected chi connectivity index (χ1v) is 6.51. The van der Waals surface area contributed by atoms with Crippen molar-refractivity contribution in [2.75, 3.05) is 0 Å². The van der Waals surface area contributed by atoms with Gasteiger partial charge in [-0.25, -0.2) is 4.39 Å². The summed E-state index contributed by atoms with van der Waals surface area (Å²) in [6.45, 7) is 1.66. The van der Waals surface area contributed by atoms with Gasteiger partial charge in [0.15, 0.2) is 0 Å². The van der Waals surface area contributed by atoms with Crippen LogP contribution >= 0.6 is 11.6 Å². The molecule has 0 bridgehead atoms. The fraction of sp³-hybridized carbons (Fsp3) is 0.0667. The average molecular weight is 305 g/mol. The third-order valence-corrected chi connectivity index (χ3v) is 3.27. The van der Waals surface area contributed by atoms with E-state index in [-0.39, 0.29) is 17.5 Å². The normalized spacial score (nSPS) is 10.8. The van der Waals surface area contributed by atoms with Gasteiger partial charge in [-0.3, -0.25) is 0 Å². The lowest BCUT2D eigenvalue weighted by molar-refractivity contribution is 0.425. The van der Waals surface area contributed by atoms with Crippen molar-refractivity contribution in [1.29, 1.82) is 0 Å². The van der Waals surface area contributed by atoms with Crippen LogP contribution in [0.5, 0.6) is 5.75 Å². The highest BCUT2D eigenvalue weighted by atomic mass is 35.5. The molecule has 1 heterocycles. The van der Waals surface area contributed by atoms with Gasteiger partial charge in [-0.15, -0.1) is 0 Å². The highest BCUT2D eigenvalue weighted by molar-refractivity contribution is 6.30. The van der Waals surface area contributed by atoms with Crippen LogP contribution < -0.4 is 0 Å². The summed E-state index contributed by atoms with van der Waals surface area (Å²) in [5.74, 6) is 0.152. The summed E-state index contributed by atoms with van der Waals surface area (Å²) in [5.41, 5.74) is 1.47. The lowest BCUT2D eigenvalue weighted by Crippen LogP contribution is -1.86. The summed E-state index contributed by atoms with van der Waals surface area (Å²) in [7, 11) is 0. The smallest absolute Gasteiger partial charge is 0.262 e. The largest absolute Gasteiger partial charge is 0.507 e. The van der Waals surface area contributed by atoms with E-state index in [1.165, 1.54) is 18.2 Å². The van der Waals surface area contributed by atoms with E-state index in [9.17, 15) is 9.50 Å². The van der Waals surface area contributed by atoms with Crippen LogP contribution in [0, 0.1) is 12.7 Å². The van der Waals surface area contributed by atoms with Crippen LogP contribution in [0.1, 0.15) is 5.56 Å². The number of hydrogen-bond donors (Lipinski definition) is 1. The lowest BCUT2D eigenvalue weighted by Gasteiger charge is -1.99. The fourth-order valence-electron chi connectivity index (χ4n) is 1.91. The maximum atomic E-state index is 13.3. The zero-order valence-corrected chi connectivity index (χ0v) is 11.7. The van der Waals surface area contributed by atoms with Crippen molar-refractivity contribution < 1.29 is 14.0 Å². The number of aryl methyl sites for hydroxylation is 1. The second kappa shape index (κ2) is 5.18. The number of benzene rings is 2. The molecule has 0 unspecified atom stereocenters. The zero-order chi connectivity index (χ0) is 15.0. The van der Waals surface area contributed by atoms with Gasteiger partial charge >= 0.3 is 0 Å². The van der Waals surface area contributed by atoms with Crippen LogP contribution in [0.2, 0.25) is 5.02 Å². The third-order valence-electron chi connectivity index (χ3n) is 3.03. The highest BCUT2D eigenvalue weighted by Gasteiger charge is 2.15. The van der Waals surface area contributed by atoms with Gasteiger partial charge in [0.1, 0.15) is 11.6 Å². The van der Waals surface area contributed by atoms with E-state index in [1.54, 1.807) is 25.1 Å². The first kappa shape index (κ1) is 13.6. The van der Waals surface area contributed by atoms with Crippen LogP contribution in [-0.4, -0.2) is 15.2 Å². The molecule has 3 rings (SSSR count). The summed E-state index contributed by atoms with van der Waals surface area (Å²) in [6.07, 6.45) is 0. The molecule has 21 heavy (non-hydrogen) atoms. The van der Waals surface area contributed by atoms with Gasteiger partial charge in [0.25, 0.3) is 5.89 Å². The molecule has 2 aromatic carbocycles. The van der Waals surface area contributed by atoms with Gasteiger partial charge < -0.3 is 9.63 Å². The molecular formula is C15H10ClFN2O2. The Morgan fingerprint density at radius 3 is 2.76 bits per heavy atom. The van der Waals surface area contributed by atoms with Crippen molar-refractivity contribution >= 4 is 11.6 Å². The Morgan fingerprint density at radius 2 is 2.00 bits per heavy atom. The number of hydrogen-bond acceptors (Lipinski definition) is 4. The molecule has 0 aliphatic heterocycles. The summed E-state index contributed by atoms with van der Waals surface area (Å²) in [5, 5.41) is 14.1. The van der Waals surface area contributed by atoms with E-state index in [4.69, 9.17) is 16.1 Å². The van der Waals surface area contributed by atoms with Crippen molar-refractivity contribution in [3.8, 4) is 28.6 Å². The Hall–Kier alpha value is -2.40. The number of halogens is 2. The van der Waals surface area contributed by atoms with Crippen molar-refractivity contribution in [3.63, 3.8) is 0 Å². The molecule has 0 saturated heterocycles. The highest BCUT2D eigenvalue weighted by Crippen LogP contribution is 2.31. The molecule has 106 valence electrons. The van der Waals surface area contributed by atoms with Crippen LogP contribution in [0.25, 0.3) is 22.8 Å². The van der Waals surface area contributed by atoms with Gasteiger partial charge in [0.05, 0.1) is 5.56 Å². The van der Waals surface area contributed by atoms with E-state index < -0.39 is 0 Å². The number of phenols is 1. The molecule has 0 radical (unpaired) electrons. The molecule has 3 aromatic rings. The molecule has 0 aliphatic carbocycles. The quantitative estimate of drug-likeness (QED) is 0.770. The molecule has 0 atom stereocenters. The molecule has 0 fully saturated rings. The van der Waals surface area contributed by atoms with Crippen molar-refractivity contribution in [2.24, 2.45) is 0 Å². The van der Waals surface area contributed by atoms with E-state index in [1.807, 2.05) is 0 Å². The lowest BCUT2D eigenvalue weighted by atomic mass is 10.1. The number of phenolic OH excluding ortho intramolecular Hbond substituents is 1. The molecule has 0 spiro atoms. The van der Waals surface area contributed by atoms with Gasteiger partial charge in [-0.05, 0) is 48.9 Å². The summed E-state index contributed by atoms with van der Waals surface area (Å²) in [4.78, 5) is 4.20. The predicted molar refractivity (Wildman–Crippen MR) is 76.5 cm³/mol. The molecular weight excluding hydrogens is 295 g/mol. The van der Waals surface area contributed by atoms with E-state index in [2.05, 4.69) is 10.1 Å². The standard InChI is InChI=1S/C15H10ClFN2O2/c1-8-6-9(2-4-12(8)17)14-18-15(21-19-14)11-7-10(16)3-5-13(11)20/h2-7,20H,1H3. The third kappa shape index (κ3) is 2.60. The Morgan fingerprint density at radius 1 is 1.19 bits per heavy atom. The zero-order valence-electron chi connectivity index (χ0n) is 11.0. The van der Waals surface area contributed by atoms with Gasteiger partial charge in [0, 0.05) is 10.6 Å². The SMILES string of the molecule is Cc1cc(-c2noc(-c3cc(Cl)ccc3O)n2)ccc1F. The van der Waals surface area contributed by atoms with Crippen molar-refractivity contribution in [1.82, 2.24) is 10.1 Å². The monoisotopic (exact) mass is 304 g/mol. The van der Waals surface area contributed by atoms with Gasteiger partial charge in [-0.1, -0.05) is 16.8 Å². The summed E-state index contributed by atoms with van der Waals surface area (Å²) >= 11 is 5.89. The number of rotatable bonds is 2. The van der Waals surface area contributed by atoms with Gasteiger partial charge in [-0.2, -0.15) is 4.98 Å². The topological polar surface area (TPSA) is 59.2 Å². The number of nitrogens with zero attached hydrogens (tertiary/aromatic N) is 2. The average Bonchev–Trinajstić information content (AvgIpc) is 2.94. The maximum absolute atomic E-state index is 13.3. The van der Waals surface area contributed by atoms with Gasteiger partial charge in [0.2, 0.25) is 5.82 Å². The van der Waals surface area contributed by atoms with Crippen LogP contribution in [0.15, 0.2) is 40.9 Å². The van der Waals surface area contributed by atoms with Crippen LogP contribution in [0.3, 0.4) is 0 Å². The molecule has 1 N–H and O–H groups in total. The minimum atomic E-state index is -0.296. The van der Waals surface area contributed by atoms with Crippen molar-refractivity contribution in [2.45, 2.75) is 6.92 Å². The number of aromatic nitrogens is 2. The molecule has 6 heteroatoms. The molecule has 0 aliphatic rings. The predicted octanol–water partition coefficient (Wildman–Crippen LogP) is 4.21. The first-order chi connectivity index (χ1) is 10.0. The Balaban J connectivity index is 2.03. The summed E-state index contributed by atoms with van der Waals surface area (Å²) in [6, 6.07) is 9.07. The minimum Gasteiger partial charge on any atom is -0.507 e. The van der Waals surface area contributed by atoms with Crippen molar-refractivity contribution in [3.05, 3.63) is 52.8 Å². The number of aromatic hydroxyl groups is 1. The first-order valence-electron chi connectivity index (χ1n) is 6.14. The molecule has 4 nitrogen and oxygen atoms in total. The fourth-order valence-corrected chi connectivity index (χ4v) is 2.09. The van der Waals surface area contributed by atoms with E-state index in [0.29, 0.717) is 27.5 Å². The minimum absolute atomic E-state index is 0.00936.